The Hall–Kier alpha value is -3.40. The van der Waals surface area contributed by atoms with Crippen molar-refractivity contribution in [3.63, 3.8) is 0 Å². The fourth-order valence-corrected chi connectivity index (χ4v) is 4.65. The summed E-state index contributed by atoms with van der Waals surface area (Å²) in [5, 5.41) is 9.29. The summed E-state index contributed by atoms with van der Waals surface area (Å²) < 4.78 is 33.7. The molecule has 3 N–H and O–H groups in total. The molecule has 0 spiro atoms. The van der Waals surface area contributed by atoms with E-state index in [1.54, 1.807) is 30.5 Å². The van der Waals surface area contributed by atoms with E-state index in [9.17, 15) is 13.0 Å². The van der Waals surface area contributed by atoms with Crippen molar-refractivity contribution in [2.75, 3.05) is 5.73 Å². The number of hydrogen-bond acceptors (Lipinski definition) is 6. The third kappa shape index (κ3) is 5.23. The van der Waals surface area contributed by atoms with Crippen molar-refractivity contribution in [2.24, 2.45) is 10.2 Å². The maximum absolute atomic E-state index is 12.0. The van der Waals surface area contributed by atoms with Crippen LogP contribution in [0, 0.1) is 0 Å². The van der Waals surface area contributed by atoms with Crippen LogP contribution in [0.25, 0.3) is 33.2 Å². The van der Waals surface area contributed by atoms with Gasteiger partial charge in [-0.1, -0.05) is 84.9 Å². The fourth-order valence-electron chi connectivity index (χ4n) is 3.93. The second kappa shape index (κ2) is 10.7. The Labute approximate surface area is 232 Å². The minimum absolute atomic E-state index is 0. The molecule has 0 fully saturated rings. The van der Waals surface area contributed by atoms with Gasteiger partial charge >= 0.3 is 29.6 Å². The van der Waals surface area contributed by atoms with Gasteiger partial charge in [0.15, 0.2) is 0 Å². The number of benzene rings is 4. The molecule has 1 aromatic heterocycles. The molecule has 7 nitrogen and oxygen atoms in total. The number of anilines is 1. The van der Waals surface area contributed by atoms with E-state index in [1.165, 1.54) is 6.07 Å². The van der Waals surface area contributed by atoms with Crippen LogP contribution in [0.5, 0.6) is 0 Å². The fraction of sp³-hybridized carbons (Fsp3) is 0. The van der Waals surface area contributed by atoms with Gasteiger partial charge in [-0.2, -0.15) is 8.42 Å². The maximum Gasteiger partial charge on any atom is 1.00 e. The van der Waals surface area contributed by atoms with E-state index in [-0.39, 0.29) is 47.3 Å². The molecule has 9 heteroatoms. The largest absolute Gasteiger partial charge is 1.00 e. The molecule has 1 heterocycles. The average molecular weight is 505 g/mol. The number of aromatic nitrogens is 1. The van der Waals surface area contributed by atoms with Crippen LogP contribution in [-0.2, 0) is 10.1 Å². The molecule has 5 rings (SSSR count). The van der Waals surface area contributed by atoms with E-state index >= 15 is 0 Å². The summed E-state index contributed by atoms with van der Waals surface area (Å²) in [4.78, 5) is 4.37. The van der Waals surface area contributed by atoms with E-state index in [0.29, 0.717) is 16.5 Å². The normalized spacial score (nSPS) is 11.5. The Morgan fingerprint density at radius 2 is 1.36 bits per heavy atom. The summed E-state index contributed by atoms with van der Waals surface area (Å²) in [5.74, 6) is 0. The van der Waals surface area contributed by atoms with Crippen molar-refractivity contribution in [3.05, 3.63) is 103 Å². The van der Waals surface area contributed by atoms with E-state index in [0.717, 1.165) is 22.4 Å². The number of rotatable bonds is 5. The summed E-state index contributed by atoms with van der Waals surface area (Å²) >= 11 is 0. The first-order valence-electron chi connectivity index (χ1n) is 10.7. The molecule has 0 aliphatic carbocycles. The predicted molar refractivity (Wildman–Crippen MR) is 139 cm³/mol. The van der Waals surface area contributed by atoms with Crippen LogP contribution in [0.3, 0.4) is 0 Å². The zero-order valence-corrected chi connectivity index (χ0v) is 22.2. The summed E-state index contributed by atoms with van der Waals surface area (Å²) in [6, 6.07) is 29.4. The molecule has 0 amide bonds. The molecule has 0 bridgehead atoms. The molecule has 0 aliphatic rings. The minimum atomic E-state index is -4.50. The van der Waals surface area contributed by atoms with Crippen LogP contribution in [0.4, 0.5) is 17.1 Å². The van der Waals surface area contributed by atoms with Crippen LogP contribution in [0.1, 0.15) is 1.43 Å². The standard InChI is InChI=1S/C27H20N4O3S.Na.H/c28-26-22-14-8-7-13-21(22)25(35(32,33)34)16-24(26)31-30-20-15-23(18-9-3-1-4-10-18)27(29-17-20)19-11-5-2-6-12-19;;/h1-17H,28H2,(H,32,33,34);;/q;+1;-1. The molecule has 36 heavy (non-hydrogen) atoms. The van der Waals surface area contributed by atoms with Crippen LogP contribution in [-0.4, -0.2) is 18.0 Å². The number of nitrogens with zero attached hydrogens (tertiary/aromatic N) is 3. The SMILES string of the molecule is Nc1c(N=Nc2cnc(-c3ccccc3)c(-c3ccccc3)c2)cc(S(=O)(=O)O)c2ccccc12.[H-].[Na+]. The third-order valence-electron chi connectivity index (χ3n) is 5.58. The minimum Gasteiger partial charge on any atom is -1.00 e. The quantitative estimate of drug-likeness (QED) is 0.163. The zero-order valence-electron chi connectivity index (χ0n) is 20.4. The Kier molecular flexibility index (Phi) is 7.63. The maximum atomic E-state index is 12.0. The number of hydrogen-bond donors (Lipinski definition) is 2. The molecule has 0 unspecified atom stereocenters. The van der Waals surface area contributed by atoms with Gasteiger partial charge in [-0.3, -0.25) is 9.54 Å². The van der Waals surface area contributed by atoms with Crippen molar-refractivity contribution in [2.45, 2.75) is 4.90 Å². The van der Waals surface area contributed by atoms with E-state index in [4.69, 9.17) is 5.73 Å². The van der Waals surface area contributed by atoms with Crippen molar-refractivity contribution < 1.29 is 44.0 Å². The Morgan fingerprint density at radius 1 is 0.778 bits per heavy atom. The second-order valence-electron chi connectivity index (χ2n) is 7.85. The first-order chi connectivity index (χ1) is 16.9. The summed E-state index contributed by atoms with van der Waals surface area (Å²) in [6.07, 6.45) is 1.60. The van der Waals surface area contributed by atoms with Crippen LogP contribution in [0.15, 0.2) is 118 Å². The first-order valence-corrected chi connectivity index (χ1v) is 12.2. The van der Waals surface area contributed by atoms with Gasteiger partial charge in [0.05, 0.1) is 17.6 Å². The molecule has 4 aromatic carbocycles. The summed E-state index contributed by atoms with van der Waals surface area (Å²) in [7, 11) is -4.50. The number of azo groups is 1. The van der Waals surface area contributed by atoms with E-state index in [1.807, 2.05) is 66.7 Å². The zero-order chi connectivity index (χ0) is 24.4. The molecule has 0 radical (unpaired) electrons. The predicted octanol–water partition coefficient (Wildman–Crippen LogP) is 3.93. The number of nitrogens with two attached hydrogens (primary N) is 1. The summed E-state index contributed by atoms with van der Waals surface area (Å²) in [5.41, 5.74) is 10.7. The number of nitrogen functional groups attached to an aromatic ring is 1. The molecule has 174 valence electrons. The Morgan fingerprint density at radius 3 is 2.00 bits per heavy atom. The van der Waals surface area contributed by atoms with Crippen molar-refractivity contribution in [3.8, 4) is 22.4 Å². The van der Waals surface area contributed by atoms with Gasteiger partial charge < -0.3 is 7.16 Å². The van der Waals surface area contributed by atoms with E-state index < -0.39 is 10.1 Å². The van der Waals surface area contributed by atoms with Gasteiger partial charge in [-0.25, -0.2) is 0 Å². The van der Waals surface area contributed by atoms with Gasteiger partial charge in [0.1, 0.15) is 16.3 Å². The Balaban J connectivity index is 0.00000190. The molecule has 0 saturated heterocycles. The van der Waals surface area contributed by atoms with Crippen molar-refractivity contribution >= 4 is 38.0 Å². The first kappa shape index (κ1) is 25.7. The molecule has 0 atom stereocenters. The van der Waals surface area contributed by atoms with Crippen LogP contribution >= 0.6 is 0 Å². The van der Waals surface area contributed by atoms with Gasteiger partial charge in [-0.05, 0) is 17.7 Å². The third-order valence-corrected chi connectivity index (χ3v) is 6.48. The van der Waals surface area contributed by atoms with Gasteiger partial charge in [-0.15, -0.1) is 10.2 Å². The van der Waals surface area contributed by atoms with E-state index in [2.05, 4.69) is 15.2 Å². The molecule has 0 saturated carbocycles. The number of fused-ring (bicyclic) bond motifs is 1. The summed E-state index contributed by atoms with van der Waals surface area (Å²) in [6.45, 7) is 0. The van der Waals surface area contributed by atoms with Gasteiger partial charge in [0.2, 0.25) is 0 Å². The van der Waals surface area contributed by atoms with Crippen LogP contribution in [0.2, 0.25) is 0 Å². The number of pyridine rings is 1. The topological polar surface area (TPSA) is 118 Å². The molecular weight excluding hydrogens is 483 g/mol. The van der Waals surface area contributed by atoms with Crippen molar-refractivity contribution in [1.82, 2.24) is 4.98 Å². The Bertz CT molecular complexity index is 1680. The second-order valence-corrected chi connectivity index (χ2v) is 9.24. The smallest absolute Gasteiger partial charge is 1.00 e. The van der Waals surface area contributed by atoms with Gasteiger partial charge in [0, 0.05) is 21.9 Å². The molecular formula is C27H21N4NaO3S. The monoisotopic (exact) mass is 504 g/mol. The molecule has 5 aromatic rings. The van der Waals surface area contributed by atoms with Crippen molar-refractivity contribution in [1.29, 1.82) is 0 Å². The van der Waals surface area contributed by atoms with Gasteiger partial charge in [0.25, 0.3) is 10.1 Å². The molecule has 0 aliphatic heterocycles. The average Bonchev–Trinajstić information content (AvgIpc) is 2.88. The van der Waals surface area contributed by atoms with Crippen LogP contribution < -0.4 is 35.3 Å².